The van der Waals surface area contributed by atoms with E-state index in [1.54, 1.807) is 6.92 Å². The van der Waals surface area contributed by atoms with Crippen molar-refractivity contribution in [2.75, 3.05) is 6.54 Å². The Labute approximate surface area is 178 Å². The van der Waals surface area contributed by atoms with E-state index in [0.717, 1.165) is 30.4 Å². The van der Waals surface area contributed by atoms with Crippen molar-refractivity contribution in [3.8, 4) is 5.75 Å². The molecule has 5 nitrogen and oxygen atoms in total. The van der Waals surface area contributed by atoms with Crippen molar-refractivity contribution >= 4 is 11.8 Å². The first kappa shape index (κ1) is 20.5. The van der Waals surface area contributed by atoms with E-state index in [-0.39, 0.29) is 17.9 Å². The normalized spacial score (nSPS) is 19.0. The summed E-state index contributed by atoms with van der Waals surface area (Å²) in [5, 5.41) is 3.03. The summed E-state index contributed by atoms with van der Waals surface area (Å²) in [6.45, 7) is 6.35. The van der Waals surface area contributed by atoms with E-state index in [1.807, 2.05) is 30.0 Å². The highest BCUT2D eigenvalue weighted by Gasteiger charge is 2.32. The highest BCUT2D eigenvalue weighted by atomic mass is 16.5. The van der Waals surface area contributed by atoms with Crippen LogP contribution in [0.15, 0.2) is 42.5 Å². The van der Waals surface area contributed by atoms with Gasteiger partial charge in [0.1, 0.15) is 5.75 Å². The SMILES string of the molecule is CC[C@H](Oc1ccc2c(c1)[C@@H](c1cccc(C)c1)N(C(C)=O)CC2)C(=O)NC1CC1. The molecule has 0 aromatic heterocycles. The molecule has 2 aliphatic rings. The lowest BCUT2D eigenvalue weighted by molar-refractivity contribution is -0.131. The number of nitrogens with zero attached hydrogens (tertiary/aromatic N) is 1. The Hall–Kier alpha value is -2.82. The maximum atomic E-state index is 12.5. The Bertz CT molecular complexity index is 951. The molecule has 1 saturated carbocycles. The molecule has 4 rings (SSSR count). The van der Waals surface area contributed by atoms with Crippen LogP contribution in [0.3, 0.4) is 0 Å². The zero-order valence-corrected chi connectivity index (χ0v) is 18.0. The van der Waals surface area contributed by atoms with Crippen molar-refractivity contribution in [3.63, 3.8) is 0 Å². The largest absolute Gasteiger partial charge is 0.481 e. The molecule has 1 aliphatic carbocycles. The van der Waals surface area contributed by atoms with Gasteiger partial charge in [-0.25, -0.2) is 0 Å². The second-order valence-electron chi connectivity index (χ2n) is 8.44. The molecule has 0 radical (unpaired) electrons. The van der Waals surface area contributed by atoms with Gasteiger partial charge in [0.05, 0.1) is 6.04 Å². The minimum atomic E-state index is -0.506. The quantitative estimate of drug-likeness (QED) is 0.791. The summed E-state index contributed by atoms with van der Waals surface area (Å²) < 4.78 is 6.11. The van der Waals surface area contributed by atoms with Crippen molar-refractivity contribution in [1.82, 2.24) is 10.2 Å². The molecule has 1 heterocycles. The zero-order valence-electron chi connectivity index (χ0n) is 18.0. The highest BCUT2D eigenvalue weighted by Crippen LogP contribution is 2.37. The number of fused-ring (bicyclic) bond motifs is 1. The number of nitrogens with one attached hydrogen (secondary N) is 1. The van der Waals surface area contributed by atoms with Crippen molar-refractivity contribution in [1.29, 1.82) is 0 Å². The average Bonchev–Trinajstić information content (AvgIpc) is 3.54. The van der Waals surface area contributed by atoms with Crippen LogP contribution in [0.1, 0.15) is 61.4 Å². The van der Waals surface area contributed by atoms with Gasteiger partial charge in [-0.05, 0) is 61.4 Å². The number of amides is 2. The van der Waals surface area contributed by atoms with Gasteiger partial charge in [-0.3, -0.25) is 9.59 Å². The van der Waals surface area contributed by atoms with E-state index < -0.39 is 6.10 Å². The molecule has 0 bridgehead atoms. The van der Waals surface area contributed by atoms with Crippen LogP contribution in [0.4, 0.5) is 0 Å². The Morgan fingerprint density at radius 1 is 1.20 bits per heavy atom. The van der Waals surface area contributed by atoms with Gasteiger partial charge in [-0.1, -0.05) is 42.8 Å². The van der Waals surface area contributed by atoms with Gasteiger partial charge >= 0.3 is 0 Å². The number of aryl methyl sites for hydroxylation is 1. The van der Waals surface area contributed by atoms with E-state index in [9.17, 15) is 9.59 Å². The summed E-state index contributed by atoms with van der Waals surface area (Å²) in [7, 11) is 0. The molecule has 0 unspecified atom stereocenters. The smallest absolute Gasteiger partial charge is 0.261 e. The van der Waals surface area contributed by atoms with E-state index in [4.69, 9.17) is 4.74 Å². The number of carbonyl (C=O) groups excluding carboxylic acids is 2. The molecule has 1 fully saturated rings. The number of carbonyl (C=O) groups is 2. The van der Waals surface area contributed by atoms with Crippen LogP contribution < -0.4 is 10.1 Å². The fourth-order valence-corrected chi connectivity index (χ4v) is 4.21. The second kappa shape index (κ2) is 8.50. The lowest BCUT2D eigenvalue weighted by atomic mass is 9.87. The molecule has 2 atom stereocenters. The average molecular weight is 407 g/mol. The van der Waals surface area contributed by atoms with Gasteiger partial charge in [-0.15, -0.1) is 0 Å². The lowest BCUT2D eigenvalue weighted by Gasteiger charge is -2.37. The van der Waals surface area contributed by atoms with Gasteiger partial charge in [0.2, 0.25) is 5.91 Å². The Morgan fingerprint density at radius 2 is 2.00 bits per heavy atom. The van der Waals surface area contributed by atoms with Gasteiger partial charge in [-0.2, -0.15) is 0 Å². The molecule has 2 aromatic carbocycles. The molecule has 1 N–H and O–H groups in total. The van der Waals surface area contributed by atoms with Gasteiger partial charge in [0, 0.05) is 19.5 Å². The Balaban J connectivity index is 1.66. The molecular weight excluding hydrogens is 376 g/mol. The van der Waals surface area contributed by atoms with Crippen molar-refractivity contribution < 1.29 is 14.3 Å². The molecule has 2 amide bonds. The first-order chi connectivity index (χ1) is 14.5. The van der Waals surface area contributed by atoms with Gasteiger partial charge < -0.3 is 15.0 Å². The van der Waals surface area contributed by atoms with Crippen LogP contribution in [0, 0.1) is 6.92 Å². The van der Waals surface area contributed by atoms with Crippen molar-refractivity contribution in [2.45, 2.75) is 64.6 Å². The Kier molecular flexibility index (Phi) is 5.80. The van der Waals surface area contributed by atoms with E-state index in [1.165, 1.54) is 11.1 Å². The summed E-state index contributed by atoms with van der Waals surface area (Å²) in [6.07, 6.45) is 3.03. The predicted octanol–water partition coefficient (Wildman–Crippen LogP) is 3.93. The predicted molar refractivity (Wildman–Crippen MR) is 116 cm³/mol. The van der Waals surface area contributed by atoms with Crippen LogP contribution in [-0.4, -0.2) is 35.4 Å². The van der Waals surface area contributed by atoms with E-state index >= 15 is 0 Å². The fraction of sp³-hybridized carbons (Fsp3) is 0.440. The third-order valence-corrected chi connectivity index (χ3v) is 5.97. The van der Waals surface area contributed by atoms with Gasteiger partial charge in [0.15, 0.2) is 6.10 Å². The summed E-state index contributed by atoms with van der Waals surface area (Å²) in [5.74, 6) is 0.696. The first-order valence-corrected chi connectivity index (χ1v) is 10.9. The van der Waals surface area contributed by atoms with Crippen LogP contribution in [-0.2, 0) is 16.0 Å². The number of benzene rings is 2. The molecule has 158 valence electrons. The highest BCUT2D eigenvalue weighted by molar-refractivity contribution is 5.81. The van der Waals surface area contributed by atoms with E-state index in [0.29, 0.717) is 24.8 Å². The maximum Gasteiger partial charge on any atom is 0.261 e. The van der Waals surface area contributed by atoms with Gasteiger partial charge in [0.25, 0.3) is 5.91 Å². The topological polar surface area (TPSA) is 58.6 Å². The summed E-state index contributed by atoms with van der Waals surface area (Å²) >= 11 is 0. The number of rotatable bonds is 6. The molecule has 0 saturated heterocycles. The number of ether oxygens (including phenoxy) is 1. The van der Waals surface area contributed by atoms with E-state index in [2.05, 4.69) is 36.5 Å². The summed E-state index contributed by atoms with van der Waals surface area (Å²) in [5.41, 5.74) is 4.57. The second-order valence-corrected chi connectivity index (χ2v) is 8.44. The summed E-state index contributed by atoms with van der Waals surface area (Å²) in [6, 6.07) is 14.5. The lowest BCUT2D eigenvalue weighted by Crippen LogP contribution is -2.40. The molecule has 2 aromatic rings. The first-order valence-electron chi connectivity index (χ1n) is 10.9. The number of hydrogen-bond donors (Lipinski definition) is 1. The third kappa shape index (κ3) is 4.35. The molecule has 30 heavy (non-hydrogen) atoms. The standard InChI is InChI=1S/C25H30N2O3/c1-4-23(25(29)26-20-9-10-20)30-21-11-8-18-12-13-27(17(3)28)24(22(18)15-21)19-7-5-6-16(2)14-19/h5-8,11,14-15,20,23-24H,4,9-10,12-13H2,1-3H3,(H,26,29)/t23-,24+/m0/s1. The Morgan fingerprint density at radius 3 is 2.67 bits per heavy atom. The van der Waals surface area contributed by atoms with Crippen molar-refractivity contribution in [3.05, 3.63) is 64.7 Å². The molecular formula is C25H30N2O3. The third-order valence-electron chi connectivity index (χ3n) is 5.97. The summed E-state index contributed by atoms with van der Waals surface area (Å²) in [4.78, 5) is 26.8. The number of hydrogen-bond acceptors (Lipinski definition) is 3. The van der Waals surface area contributed by atoms with Crippen LogP contribution in [0.2, 0.25) is 0 Å². The molecule has 0 spiro atoms. The molecule has 5 heteroatoms. The minimum absolute atomic E-state index is 0.0432. The monoisotopic (exact) mass is 406 g/mol. The molecule has 1 aliphatic heterocycles. The minimum Gasteiger partial charge on any atom is -0.481 e. The van der Waals surface area contributed by atoms with Crippen LogP contribution in [0.25, 0.3) is 0 Å². The maximum absolute atomic E-state index is 12.5. The van der Waals surface area contributed by atoms with Crippen molar-refractivity contribution in [2.24, 2.45) is 0 Å². The fourth-order valence-electron chi connectivity index (χ4n) is 4.21. The zero-order chi connectivity index (χ0) is 21.3. The van der Waals surface area contributed by atoms with Crippen LogP contribution >= 0.6 is 0 Å². The van der Waals surface area contributed by atoms with Crippen LogP contribution in [0.5, 0.6) is 5.75 Å².